The summed E-state index contributed by atoms with van der Waals surface area (Å²) < 4.78 is 0. The minimum absolute atomic E-state index is 0.629. The van der Waals surface area contributed by atoms with Crippen molar-refractivity contribution >= 4 is 11.9 Å². The third kappa shape index (κ3) is 2.31. The zero-order valence-electron chi connectivity index (χ0n) is 8.25. The van der Waals surface area contributed by atoms with Crippen LogP contribution in [0.2, 0.25) is 0 Å². The minimum Gasteiger partial charge on any atom is -0.383 e. The van der Waals surface area contributed by atoms with Crippen LogP contribution in [0.1, 0.15) is 31.4 Å². The number of nitrogens with zero attached hydrogens (tertiary/aromatic N) is 1. The first-order valence-electron chi connectivity index (χ1n) is 4.69. The molecule has 2 N–H and O–H groups in total. The largest absolute Gasteiger partial charge is 0.383 e. The van der Waals surface area contributed by atoms with Crippen molar-refractivity contribution in [2.24, 2.45) is 0 Å². The van der Waals surface area contributed by atoms with Crippen LogP contribution in [0.4, 0.5) is 5.82 Å². The molecule has 1 heterocycles. The molecule has 0 bridgehead atoms. The van der Waals surface area contributed by atoms with E-state index in [2.05, 4.69) is 31.0 Å². The van der Waals surface area contributed by atoms with Crippen molar-refractivity contribution < 1.29 is 0 Å². The Bertz CT molecular complexity index is 303. The van der Waals surface area contributed by atoms with Gasteiger partial charge in [-0.2, -0.15) is 0 Å². The van der Waals surface area contributed by atoms with E-state index in [0.29, 0.717) is 5.82 Å². The van der Waals surface area contributed by atoms with Crippen LogP contribution in [-0.4, -0.2) is 4.98 Å². The Hall–Kier alpha value is -1.31. The Balaban J connectivity index is 3.07. The van der Waals surface area contributed by atoms with Gasteiger partial charge in [0, 0.05) is 11.8 Å². The lowest BCUT2D eigenvalue weighted by molar-refractivity contribution is 1.11. The van der Waals surface area contributed by atoms with Crippen molar-refractivity contribution in [3.63, 3.8) is 0 Å². The fraction of sp³-hybridized carbons (Fsp3) is 0.364. The molecule has 70 valence electrons. The van der Waals surface area contributed by atoms with Gasteiger partial charge in [0.1, 0.15) is 5.82 Å². The molecular formula is C11H16N2. The molecule has 0 atom stereocenters. The molecular weight excluding hydrogens is 160 g/mol. The van der Waals surface area contributed by atoms with Crippen molar-refractivity contribution in [3.05, 3.63) is 29.5 Å². The quantitative estimate of drug-likeness (QED) is 0.769. The molecule has 0 unspecified atom stereocenters. The van der Waals surface area contributed by atoms with Crippen LogP contribution >= 0.6 is 0 Å². The summed E-state index contributed by atoms with van der Waals surface area (Å²) in [5.41, 5.74) is 8.11. The zero-order valence-corrected chi connectivity index (χ0v) is 8.25. The topological polar surface area (TPSA) is 38.9 Å². The van der Waals surface area contributed by atoms with Crippen molar-refractivity contribution in [1.29, 1.82) is 0 Å². The molecule has 2 nitrogen and oxygen atoms in total. The van der Waals surface area contributed by atoms with Gasteiger partial charge in [-0.05, 0) is 24.5 Å². The average Bonchev–Trinajstić information content (AvgIpc) is 2.15. The number of allylic oxidation sites excluding steroid dienone is 1. The van der Waals surface area contributed by atoms with E-state index in [4.69, 9.17) is 5.73 Å². The van der Waals surface area contributed by atoms with Gasteiger partial charge in [-0.1, -0.05) is 26.0 Å². The van der Waals surface area contributed by atoms with Crippen molar-refractivity contribution in [2.45, 2.75) is 26.7 Å². The van der Waals surface area contributed by atoms with Gasteiger partial charge in [-0.15, -0.1) is 0 Å². The van der Waals surface area contributed by atoms with Crippen LogP contribution in [0.25, 0.3) is 6.08 Å². The maximum atomic E-state index is 5.78. The van der Waals surface area contributed by atoms with Crippen LogP contribution in [-0.2, 0) is 6.42 Å². The van der Waals surface area contributed by atoms with Gasteiger partial charge >= 0.3 is 0 Å². The third-order valence-corrected chi connectivity index (χ3v) is 2.01. The lowest BCUT2D eigenvalue weighted by atomic mass is 10.1. The number of pyridine rings is 1. The van der Waals surface area contributed by atoms with Gasteiger partial charge < -0.3 is 5.73 Å². The Morgan fingerprint density at radius 1 is 1.46 bits per heavy atom. The monoisotopic (exact) mass is 176 g/mol. The second kappa shape index (κ2) is 4.65. The first-order valence-corrected chi connectivity index (χ1v) is 4.69. The summed E-state index contributed by atoms with van der Waals surface area (Å²) in [6.07, 6.45) is 7.94. The highest BCUT2D eigenvalue weighted by Crippen LogP contribution is 2.16. The van der Waals surface area contributed by atoms with Crippen molar-refractivity contribution in [2.75, 3.05) is 5.73 Å². The van der Waals surface area contributed by atoms with Gasteiger partial charge in [0.25, 0.3) is 0 Å². The SMILES string of the molecule is CC/C=C\c1c(CC)ccnc1N. The molecule has 1 rings (SSSR count). The molecule has 0 spiro atoms. The molecule has 1 aromatic rings. The lowest BCUT2D eigenvalue weighted by Crippen LogP contribution is -1.97. The van der Waals surface area contributed by atoms with Crippen LogP contribution in [0, 0.1) is 0 Å². The predicted molar refractivity (Wildman–Crippen MR) is 57.4 cm³/mol. The molecule has 0 amide bonds. The Kier molecular flexibility index (Phi) is 3.50. The van der Waals surface area contributed by atoms with Gasteiger partial charge in [-0.3, -0.25) is 0 Å². The van der Waals surface area contributed by atoms with Crippen molar-refractivity contribution in [1.82, 2.24) is 4.98 Å². The molecule has 0 saturated carbocycles. The Labute approximate surface area is 79.5 Å². The minimum atomic E-state index is 0.629. The van der Waals surface area contributed by atoms with E-state index in [0.717, 1.165) is 18.4 Å². The number of hydrogen-bond acceptors (Lipinski definition) is 2. The molecule has 1 aromatic heterocycles. The molecule has 0 saturated heterocycles. The summed E-state index contributed by atoms with van der Waals surface area (Å²) in [4.78, 5) is 4.07. The second-order valence-electron chi connectivity index (χ2n) is 2.93. The smallest absolute Gasteiger partial charge is 0.130 e. The normalized spacial score (nSPS) is 10.9. The molecule has 0 aliphatic rings. The second-order valence-corrected chi connectivity index (χ2v) is 2.93. The summed E-state index contributed by atoms with van der Waals surface area (Å²) >= 11 is 0. The predicted octanol–water partition coefficient (Wildman–Crippen LogP) is 2.65. The maximum absolute atomic E-state index is 5.78. The van der Waals surface area contributed by atoms with E-state index in [-0.39, 0.29) is 0 Å². The van der Waals surface area contributed by atoms with E-state index in [1.165, 1.54) is 5.56 Å². The number of nitrogen functional groups attached to an aromatic ring is 1. The van der Waals surface area contributed by atoms with Crippen LogP contribution in [0.5, 0.6) is 0 Å². The Morgan fingerprint density at radius 3 is 2.85 bits per heavy atom. The Morgan fingerprint density at radius 2 is 2.23 bits per heavy atom. The van der Waals surface area contributed by atoms with Gasteiger partial charge in [0.2, 0.25) is 0 Å². The number of aryl methyl sites for hydroxylation is 1. The number of rotatable bonds is 3. The zero-order chi connectivity index (χ0) is 9.68. The summed E-state index contributed by atoms with van der Waals surface area (Å²) in [6.45, 7) is 4.23. The van der Waals surface area contributed by atoms with E-state index >= 15 is 0 Å². The first kappa shape index (κ1) is 9.78. The molecule has 2 heteroatoms. The number of anilines is 1. The molecule has 0 aliphatic carbocycles. The van der Waals surface area contributed by atoms with Crippen LogP contribution in [0.3, 0.4) is 0 Å². The third-order valence-electron chi connectivity index (χ3n) is 2.01. The average molecular weight is 176 g/mol. The maximum Gasteiger partial charge on any atom is 0.130 e. The first-order chi connectivity index (χ1) is 6.29. The fourth-order valence-corrected chi connectivity index (χ4v) is 1.27. The summed E-state index contributed by atoms with van der Waals surface area (Å²) in [5, 5.41) is 0. The van der Waals surface area contributed by atoms with Crippen LogP contribution < -0.4 is 5.73 Å². The lowest BCUT2D eigenvalue weighted by Gasteiger charge is -2.04. The van der Waals surface area contributed by atoms with Crippen LogP contribution in [0.15, 0.2) is 18.3 Å². The standard InChI is InChI=1S/C11H16N2/c1-3-5-6-10-9(4-2)7-8-13-11(10)12/h5-8H,3-4H2,1-2H3,(H2,12,13)/b6-5-. The van der Waals surface area contributed by atoms with E-state index < -0.39 is 0 Å². The molecule has 13 heavy (non-hydrogen) atoms. The summed E-state index contributed by atoms with van der Waals surface area (Å²) in [5.74, 6) is 0.629. The molecule has 0 fully saturated rings. The van der Waals surface area contributed by atoms with E-state index in [9.17, 15) is 0 Å². The van der Waals surface area contributed by atoms with E-state index in [1.807, 2.05) is 6.07 Å². The van der Waals surface area contributed by atoms with Crippen molar-refractivity contribution in [3.8, 4) is 0 Å². The summed E-state index contributed by atoms with van der Waals surface area (Å²) in [7, 11) is 0. The van der Waals surface area contributed by atoms with Gasteiger partial charge in [0.15, 0.2) is 0 Å². The fourth-order valence-electron chi connectivity index (χ4n) is 1.27. The van der Waals surface area contributed by atoms with Gasteiger partial charge in [0.05, 0.1) is 0 Å². The number of nitrogens with two attached hydrogens (primary N) is 1. The highest BCUT2D eigenvalue weighted by molar-refractivity contribution is 5.64. The molecule has 0 aliphatic heterocycles. The highest BCUT2D eigenvalue weighted by atomic mass is 14.8. The number of hydrogen-bond donors (Lipinski definition) is 1. The molecule has 0 aromatic carbocycles. The summed E-state index contributed by atoms with van der Waals surface area (Å²) in [6, 6.07) is 2.02. The number of aromatic nitrogens is 1. The van der Waals surface area contributed by atoms with Gasteiger partial charge in [-0.25, -0.2) is 4.98 Å². The van der Waals surface area contributed by atoms with E-state index in [1.54, 1.807) is 6.20 Å². The highest BCUT2D eigenvalue weighted by Gasteiger charge is 2.01. The molecule has 0 radical (unpaired) electrons.